The lowest BCUT2D eigenvalue weighted by Crippen LogP contribution is -2.43. The van der Waals surface area contributed by atoms with Gasteiger partial charge >= 0.3 is 0 Å². The number of rotatable bonds is 8. The lowest BCUT2D eigenvalue weighted by Gasteiger charge is -2.26. The molecule has 0 heterocycles. The van der Waals surface area contributed by atoms with Crippen LogP contribution in [0.1, 0.15) is 31.2 Å². The Bertz CT molecular complexity index is 983. The van der Waals surface area contributed by atoms with Crippen molar-refractivity contribution in [3.8, 4) is 11.5 Å². The van der Waals surface area contributed by atoms with Crippen LogP contribution in [-0.4, -0.2) is 41.1 Å². The van der Waals surface area contributed by atoms with Crippen molar-refractivity contribution < 1.29 is 22.7 Å². The summed E-state index contributed by atoms with van der Waals surface area (Å²) in [4.78, 5) is 12.9. The van der Waals surface area contributed by atoms with Gasteiger partial charge in [-0.25, -0.2) is 8.42 Å². The normalized spacial score (nSPS) is 14.4. The third kappa shape index (κ3) is 4.87. The molecule has 162 valence electrons. The second-order valence-corrected chi connectivity index (χ2v) is 9.27. The molecule has 1 amide bonds. The molecule has 0 bridgehead atoms. The zero-order chi connectivity index (χ0) is 21.7. The molecule has 1 aliphatic rings. The van der Waals surface area contributed by atoms with Gasteiger partial charge in [-0.1, -0.05) is 30.5 Å². The number of anilines is 1. The fourth-order valence-electron chi connectivity index (χ4n) is 3.60. The van der Waals surface area contributed by atoms with Crippen molar-refractivity contribution in [1.29, 1.82) is 0 Å². The van der Waals surface area contributed by atoms with Crippen molar-refractivity contribution >= 4 is 21.6 Å². The largest absolute Gasteiger partial charge is 0.497 e. The number of ether oxygens (including phenoxy) is 2. The molecular weight excluding hydrogens is 404 g/mol. The maximum atomic E-state index is 13.5. The van der Waals surface area contributed by atoms with Crippen molar-refractivity contribution in [3.63, 3.8) is 0 Å². The van der Waals surface area contributed by atoms with Crippen LogP contribution in [0, 0.1) is 6.92 Å². The minimum Gasteiger partial charge on any atom is -0.497 e. The lowest BCUT2D eigenvalue weighted by molar-refractivity contribution is -0.120. The molecule has 7 nitrogen and oxygen atoms in total. The molecule has 0 aromatic heterocycles. The third-order valence-corrected chi connectivity index (χ3v) is 7.05. The van der Waals surface area contributed by atoms with Gasteiger partial charge in [0.1, 0.15) is 18.0 Å². The first-order chi connectivity index (χ1) is 14.3. The fraction of sp³-hybridized carbons (Fsp3) is 0.409. The van der Waals surface area contributed by atoms with E-state index in [2.05, 4.69) is 5.32 Å². The predicted octanol–water partition coefficient (Wildman–Crippen LogP) is 3.27. The van der Waals surface area contributed by atoms with Crippen molar-refractivity contribution in [1.82, 2.24) is 5.32 Å². The number of aryl methyl sites for hydroxylation is 1. The number of hydrogen-bond donors (Lipinski definition) is 1. The third-order valence-electron chi connectivity index (χ3n) is 5.27. The second-order valence-electron chi connectivity index (χ2n) is 7.41. The van der Waals surface area contributed by atoms with Gasteiger partial charge in [0.25, 0.3) is 10.0 Å². The Kier molecular flexibility index (Phi) is 6.87. The lowest BCUT2D eigenvalue weighted by atomic mass is 10.2. The molecule has 2 aromatic carbocycles. The average molecular weight is 433 g/mol. The number of nitrogens with one attached hydrogen (secondary N) is 1. The maximum Gasteiger partial charge on any atom is 0.264 e. The Morgan fingerprint density at radius 3 is 2.33 bits per heavy atom. The minimum atomic E-state index is -4.00. The van der Waals surface area contributed by atoms with Crippen molar-refractivity contribution in [2.75, 3.05) is 25.1 Å². The first kappa shape index (κ1) is 22.0. The topological polar surface area (TPSA) is 84.9 Å². The molecule has 3 rings (SSSR count). The van der Waals surface area contributed by atoms with Crippen molar-refractivity contribution in [2.24, 2.45) is 0 Å². The van der Waals surface area contributed by atoms with E-state index in [1.54, 1.807) is 42.5 Å². The monoisotopic (exact) mass is 432 g/mol. The summed E-state index contributed by atoms with van der Waals surface area (Å²) >= 11 is 0. The van der Waals surface area contributed by atoms with Crippen molar-refractivity contribution in [2.45, 2.75) is 43.5 Å². The summed E-state index contributed by atoms with van der Waals surface area (Å²) in [5.74, 6) is 0.493. The Hall–Kier alpha value is -2.74. The summed E-state index contributed by atoms with van der Waals surface area (Å²) in [6.07, 6.45) is 3.98. The quantitative estimate of drug-likeness (QED) is 0.692. The van der Waals surface area contributed by atoms with E-state index in [1.165, 1.54) is 14.2 Å². The molecule has 0 saturated heterocycles. The van der Waals surface area contributed by atoms with Gasteiger partial charge in [0, 0.05) is 12.1 Å². The van der Waals surface area contributed by atoms with Crippen LogP contribution in [0.3, 0.4) is 0 Å². The number of amides is 1. The molecule has 0 spiro atoms. The SMILES string of the molecule is COc1ccc(N(CC(=O)NC2CCCC2)S(=O)(=O)c2ccc(C)cc2)c(OC)c1. The standard InChI is InChI=1S/C22H28N2O5S/c1-16-8-11-19(12-9-16)30(26,27)24(15-22(25)23-17-6-4-5-7-17)20-13-10-18(28-2)14-21(20)29-3/h8-14,17H,4-7,15H2,1-3H3,(H,23,25). The molecule has 30 heavy (non-hydrogen) atoms. The Morgan fingerprint density at radius 2 is 1.73 bits per heavy atom. The van der Waals surface area contributed by atoms with Gasteiger partial charge in [-0.15, -0.1) is 0 Å². The molecule has 2 aromatic rings. The zero-order valence-electron chi connectivity index (χ0n) is 17.6. The number of benzene rings is 2. The highest BCUT2D eigenvalue weighted by Gasteiger charge is 2.30. The zero-order valence-corrected chi connectivity index (χ0v) is 18.4. The van der Waals surface area contributed by atoms with E-state index in [-0.39, 0.29) is 29.1 Å². The second kappa shape index (κ2) is 9.38. The van der Waals surface area contributed by atoms with E-state index in [0.717, 1.165) is 35.6 Å². The van der Waals surface area contributed by atoms with E-state index < -0.39 is 10.0 Å². The molecule has 0 atom stereocenters. The Labute approximate surface area is 178 Å². The molecule has 1 fully saturated rings. The highest BCUT2D eigenvalue weighted by Crippen LogP contribution is 2.35. The molecule has 8 heteroatoms. The van der Waals surface area contributed by atoms with E-state index in [9.17, 15) is 13.2 Å². The van der Waals surface area contributed by atoms with Crippen LogP contribution in [-0.2, 0) is 14.8 Å². The number of methoxy groups -OCH3 is 2. The summed E-state index contributed by atoms with van der Waals surface area (Å²) in [5.41, 5.74) is 1.22. The van der Waals surface area contributed by atoms with E-state index in [0.29, 0.717) is 11.5 Å². The van der Waals surface area contributed by atoms with Crippen LogP contribution in [0.15, 0.2) is 47.4 Å². The van der Waals surface area contributed by atoms with Gasteiger partial charge in [0.05, 0.1) is 24.8 Å². The van der Waals surface area contributed by atoms with Crippen LogP contribution in [0.4, 0.5) is 5.69 Å². The maximum absolute atomic E-state index is 13.5. The minimum absolute atomic E-state index is 0.0965. The van der Waals surface area contributed by atoms with E-state index >= 15 is 0 Å². The van der Waals surface area contributed by atoms with Gasteiger partial charge in [-0.05, 0) is 44.0 Å². The van der Waals surface area contributed by atoms with Crippen LogP contribution in [0.2, 0.25) is 0 Å². The fourth-order valence-corrected chi connectivity index (χ4v) is 5.03. The van der Waals surface area contributed by atoms with Crippen molar-refractivity contribution in [3.05, 3.63) is 48.0 Å². The van der Waals surface area contributed by atoms with Gasteiger partial charge in [0.2, 0.25) is 5.91 Å². The van der Waals surface area contributed by atoms with E-state index in [1.807, 2.05) is 6.92 Å². The van der Waals surface area contributed by atoms with Gasteiger partial charge in [0.15, 0.2) is 0 Å². The number of carbonyl (C=O) groups excluding carboxylic acids is 1. The summed E-state index contributed by atoms with van der Waals surface area (Å²) in [6.45, 7) is 1.55. The molecule has 0 aliphatic heterocycles. The summed E-state index contributed by atoms with van der Waals surface area (Å²) < 4.78 is 38.7. The van der Waals surface area contributed by atoms with Crippen LogP contribution in [0.25, 0.3) is 0 Å². The average Bonchev–Trinajstić information content (AvgIpc) is 3.24. The Morgan fingerprint density at radius 1 is 1.07 bits per heavy atom. The first-order valence-electron chi connectivity index (χ1n) is 9.96. The number of sulfonamides is 1. The van der Waals surface area contributed by atoms with Gasteiger partial charge in [-0.2, -0.15) is 0 Å². The number of hydrogen-bond acceptors (Lipinski definition) is 5. The van der Waals surface area contributed by atoms with Crippen LogP contribution >= 0.6 is 0 Å². The van der Waals surface area contributed by atoms with Crippen LogP contribution < -0.4 is 19.1 Å². The van der Waals surface area contributed by atoms with E-state index in [4.69, 9.17) is 9.47 Å². The smallest absolute Gasteiger partial charge is 0.264 e. The molecular formula is C22H28N2O5S. The molecule has 0 unspecified atom stereocenters. The summed E-state index contributed by atoms with van der Waals surface area (Å²) in [7, 11) is -1.03. The van der Waals surface area contributed by atoms with Crippen LogP contribution in [0.5, 0.6) is 11.5 Å². The van der Waals surface area contributed by atoms with Gasteiger partial charge in [-0.3, -0.25) is 9.10 Å². The molecule has 0 radical (unpaired) electrons. The number of carbonyl (C=O) groups is 1. The highest BCUT2D eigenvalue weighted by atomic mass is 32.2. The van der Waals surface area contributed by atoms with Gasteiger partial charge < -0.3 is 14.8 Å². The summed E-state index contributed by atoms with van der Waals surface area (Å²) in [5, 5.41) is 2.96. The Balaban J connectivity index is 2.00. The summed E-state index contributed by atoms with van der Waals surface area (Å²) in [6, 6.07) is 11.5. The molecule has 1 saturated carbocycles. The molecule has 1 aliphatic carbocycles. The predicted molar refractivity (Wildman–Crippen MR) is 116 cm³/mol. The molecule has 1 N–H and O–H groups in total. The highest BCUT2D eigenvalue weighted by molar-refractivity contribution is 7.92. The number of nitrogens with zero attached hydrogens (tertiary/aromatic N) is 1. The first-order valence-corrected chi connectivity index (χ1v) is 11.4.